The molecule has 1 saturated heterocycles. The van der Waals surface area contributed by atoms with E-state index >= 15 is 0 Å². The minimum Gasteiger partial charge on any atom is -0.252 e. The average molecular weight is 337 g/mol. The molecule has 0 amide bonds. The van der Waals surface area contributed by atoms with Gasteiger partial charge in [-0.2, -0.15) is 0 Å². The summed E-state index contributed by atoms with van der Waals surface area (Å²) < 4.78 is 1.20. The first-order valence-corrected chi connectivity index (χ1v) is 8.72. The Balaban J connectivity index is 1.53. The molecule has 2 aliphatic rings. The Bertz CT molecular complexity index is 446. The smallest absolute Gasteiger partial charge is 0.0227 e. The molecule has 1 aliphatic carbocycles. The van der Waals surface area contributed by atoms with Crippen molar-refractivity contribution in [2.24, 2.45) is 0 Å². The molecule has 1 heterocycles. The number of nitrogens with one attached hydrogen (secondary N) is 1. The summed E-state index contributed by atoms with van der Waals surface area (Å²) in [6.07, 6.45) is 6.59. The Hall–Kier alpha value is -0.380. The number of benzene rings is 1. The van der Waals surface area contributed by atoms with E-state index in [0.29, 0.717) is 18.1 Å². The molecule has 1 aromatic rings. The van der Waals surface area contributed by atoms with Gasteiger partial charge in [0.05, 0.1) is 0 Å². The molecule has 1 saturated carbocycles. The van der Waals surface area contributed by atoms with Gasteiger partial charge in [0.1, 0.15) is 0 Å². The Morgan fingerprint density at radius 1 is 1.15 bits per heavy atom. The highest BCUT2D eigenvalue weighted by Crippen LogP contribution is 2.38. The van der Waals surface area contributed by atoms with Crippen LogP contribution in [0.5, 0.6) is 0 Å². The second kappa shape index (κ2) is 6.17. The van der Waals surface area contributed by atoms with E-state index < -0.39 is 0 Å². The van der Waals surface area contributed by atoms with Crippen molar-refractivity contribution >= 4 is 15.9 Å². The Kier molecular flexibility index (Phi) is 4.49. The number of halogens is 1. The zero-order chi connectivity index (χ0) is 14.1. The fourth-order valence-corrected chi connectivity index (χ4v) is 4.06. The summed E-state index contributed by atoms with van der Waals surface area (Å²) in [5, 5.41) is 2.52. The van der Waals surface area contributed by atoms with Crippen LogP contribution < -0.4 is 5.43 Å². The Morgan fingerprint density at radius 2 is 1.85 bits per heavy atom. The van der Waals surface area contributed by atoms with Gasteiger partial charge < -0.3 is 0 Å². The molecule has 20 heavy (non-hydrogen) atoms. The standard InChI is InChI=1S/C17H25BrN2/c1-12-5-3-6-13(2)20(12)19-17-10-15(11-17)14-7-4-8-16(18)9-14/h4,7-9,12-13,15,17,19H,3,5-6,10-11H2,1-2H3. The molecule has 0 radical (unpaired) electrons. The summed E-state index contributed by atoms with van der Waals surface area (Å²) in [5.41, 5.74) is 5.27. The molecule has 1 N–H and O–H groups in total. The highest BCUT2D eigenvalue weighted by molar-refractivity contribution is 9.10. The third-order valence-electron chi connectivity index (χ3n) is 4.98. The van der Waals surface area contributed by atoms with Crippen LogP contribution in [0.4, 0.5) is 0 Å². The van der Waals surface area contributed by atoms with E-state index in [1.54, 1.807) is 0 Å². The van der Waals surface area contributed by atoms with E-state index in [4.69, 9.17) is 0 Å². The lowest BCUT2D eigenvalue weighted by Gasteiger charge is -2.46. The van der Waals surface area contributed by atoms with Gasteiger partial charge in [0, 0.05) is 22.6 Å². The molecule has 2 nitrogen and oxygen atoms in total. The van der Waals surface area contributed by atoms with Crippen LogP contribution in [0.1, 0.15) is 57.4 Å². The molecule has 1 aliphatic heterocycles. The summed E-state index contributed by atoms with van der Waals surface area (Å²) in [6, 6.07) is 10.8. The number of hydrogen-bond donors (Lipinski definition) is 1. The second-order valence-electron chi connectivity index (χ2n) is 6.59. The van der Waals surface area contributed by atoms with Crippen molar-refractivity contribution < 1.29 is 0 Å². The van der Waals surface area contributed by atoms with Crippen LogP contribution in [0.3, 0.4) is 0 Å². The molecule has 0 aromatic heterocycles. The summed E-state index contributed by atoms with van der Waals surface area (Å²) in [4.78, 5) is 0. The van der Waals surface area contributed by atoms with Gasteiger partial charge in [-0.15, -0.1) is 0 Å². The molecule has 0 spiro atoms. The van der Waals surface area contributed by atoms with Crippen LogP contribution in [0.25, 0.3) is 0 Å². The zero-order valence-corrected chi connectivity index (χ0v) is 14.1. The maximum atomic E-state index is 3.79. The fourth-order valence-electron chi connectivity index (χ4n) is 3.64. The third-order valence-corrected chi connectivity index (χ3v) is 5.48. The third kappa shape index (κ3) is 3.10. The lowest BCUT2D eigenvalue weighted by molar-refractivity contribution is 0.0107. The van der Waals surface area contributed by atoms with Crippen molar-refractivity contribution in [2.45, 2.75) is 70.0 Å². The van der Waals surface area contributed by atoms with Crippen LogP contribution in [0.15, 0.2) is 28.7 Å². The molecule has 1 aromatic carbocycles. The first-order valence-electron chi connectivity index (χ1n) is 7.93. The van der Waals surface area contributed by atoms with Crippen molar-refractivity contribution in [3.63, 3.8) is 0 Å². The first-order chi connectivity index (χ1) is 9.63. The molecular weight excluding hydrogens is 312 g/mol. The summed E-state index contributed by atoms with van der Waals surface area (Å²) in [6.45, 7) is 4.71. The molecule has 3 rings (SSSR count). The monoisotopic (exact) mass is 336 g/mol. The van der Waals surface area contributed by atoms with Gasteiger partial charge in [-0.3, -0.25) is 5.43 Å². The fraction of sp³-hybridized carbons (Fsp3) is 0.647. The Labute approximate surface area is 131 Å². The van der Waals surface area contributed by atoms with Crippen molar-refractivity contribution in [2.75, 3.05) is 0 Å². The van der Waals surface area contributed by atoms with Gasteiger partial charge in [0.2, 0.25) is 0 Å². The van der Waals surface area contributed by atoms with Crippen LogP contribution in [0, 0.1) is 0 Å². The number of piperidine rings is 1. The van der Waals surface area contributed by atoms with Gasteiger partial charge in [0.25, 0.3) is 0 Å². The Morgan fingerprint density at radius 3 is 2.50 bits per heavy atom. The normalized spacial score (nSPS) is 34.8. The van der Waals surface area contributed by atoms with Crippen LogP contribution >= 0.6 is 15.9 Å². The largest absolute Gasteiger partial charge is 0.252 e. The number of nitrogens with zero attached hydrogens (tertiary/aromatic N) is 1. The van der Waals surface area contributed by atoms with Gasteiger partial charge in [0.15, 0.2) is 0 Å². The minimum absolute atomic E-state index is 0.669. The molecule has 110 valence electrons. The predicted molar refractivity (Wildman–Crippen MR) is 87.7 cm³/mol. The van der Waals surface area contributed by atoms with Crippen LogP contribution in [-0.4, -0.2) is 23.1 Å². The van der Waals surface area contributed by atoms with Crippen molar-refractivity contribution in [3.05, 3.63) is 34.3 Å². The highest BCUT2D eigenvalue weighted by atomic mass is 79.9. The van der Waals surface area contributed by atoms with Gasteiger partial charge in [-0.05, 0) is 63.1 Å². The highest BCUT2D eigenvalue weighted by Gasteiger charge is 2.34. The van der Waals surface area contributed by atoms with Crippen molar-refractivity contribution in [1.29, 1.82) is 0 Å². The first kappa shape index (κ1) is 14.6. The molecule has 2 atom stereocenters. The second-order valence-corrected chi connectivity index (χ2v) is 7.50. The average Bonchev–Trinajstić information content (AvgIpc) is 2.36. The van der Waals surface area contributed by atoms with Crippen molar-refractivity contribution in [3.8, 4) is 0 Å². The van der Waals surface area contributed by atoms with E-state index in [1.165, 1.54) is 42.1 Å². The minimum atomic E-state index is 0.669. The molecule has 3 heteroatoms. The quantitative estimate of drug-likeness (QED) is 0.876. The lowest BCUT2D eigenvalue weighted by atomic mass is 9.76. The zero-order valence-electron chi connectivity index (χ0n) is 12.5. The lowest BCUT2D eigenvalue weighted by Crippen LogP contribution is -2.57. The molecule has 0 bridgehead atoms. The van der Waals surface area contributed by atoms with Crippen LogP contribution in [0.2, 0.25) is 0 Å². The van der Waals surface area contributed by atoms with E-state index in [9.17, 15) is 0 Å². The predicted octanol–water partition coefficient (Wildman–Crippen LogP) is 4.46. The number of rotatable bonds is 3. The van der Waals surface area contributed by atoms with Gasteiger partial charge in [-0.25, -0.2) is 5.01 Å². The van der Waals surface area contributed by atoms with E-state index in [2.05, 4.69) is 64.5 Å². The van der Waals surface area contributed by atoms with E-state index in [0.717, 1.165) is 5.92 Å². The molecular formula is C17H25BrN2. The molecule has 2 fully saturated rings. The maximum absolute atomic E-state index is 3.79. The van der Waals surface area contributed by atoms with Gasteiger partial charge in [-0.1, -0.05) is 34.5 Å². The molecule has 2 unspecified atom stereocenters. The van der Waals surface area contributed by atoms with Crippen LogP contribution in [-0.2, 0) is 0 Å². The number of hydrogen-bond acceptors (Lipinski definition) is 2. The topological polar surface area (TPSA) is 15.3 Å². The summed E-state index contributed by atoms with van der Waals surface area (Å²) >= 11 is 3.57. The maximum Gasteiger partial charge on any atom is 0.0227 e. The summed E-state index contributed by atoms with van der Waals surface area (Å²) in [5.74, 6) is 0.736. The van der Waals surface area contributed by atoms with E-state index in [1.807, 2.05) is 0 Å². The van der Waals surface area contributed by atoms with Crippen molar-refractivity contribution in [1.82, 2.24) is 10.4 Å². The number of hydrazine groups is 1. The SMILES string of the molecule is CC1CCCC(C)N1NC1CC(c2cccc(Br)c2)C1. The van der Waals surface area contributed by atoms with E-state index in [-0.39, 0.29) is 0 Å². The summed E-state index contributed by atoms with van der Waals surface area (Å²) in [7, 11) is 0. The van der Waals surface area contributed by atoms with Gasteiger partial charge >= 0.3 is 0 Å².